The van der Waals surface area contributed by atoms with Crippen molar-refractivity contribution in [3.8, 4) is 0 Å². The van der Waals surface area contributed by atoms with Gasteiger partial charge in [-0.25, -0.2) is 9.78 Å². The predicted molar refractivity (Wildman–Crippen MR) is 64.5 cm³/mol. The monoisotopic (exact) mass is 307 g/mol. The molecule has 0 amide bonds. The lowest BCUT2D eigenvalue weighted by atomic mass is 10.2. The zero-order valence-corrected chi connectivity index (χ0v) is 11.2. The van der Waals surface area contributed by atoms with Crippen molar-refractivity contribution in [2.24, 2.45) is 0 Å². The Kier molecular flexibility index (Phi) is 4.95. The fourth-order valence-electron chi connectivity index (χ4n) is 1.08. The molecule has 1 aromatic heterocycles. The number of hydrogen-bond donors (Lipinski definition) is 1. The van der Waals surface area contributed by atoms with Gasteiger partial charge < -0.3 is 10.1 Å². The summed E-state index contributed by atoms with van der Waals surface area (Å²) in [7, 11) is 1.34. The molecule has 1 heterocycles. The van der Waals surface area contributed by atoms with Crippen LogP contribution in [-0.4, -0.2) is 29.1 Å². The Hall–Kier alpha value is -0.880. The minimum absolute atomic E-state index is 0.116. The van der Waals surface area contributed by atoms with Gasteiger partial charge in [0, 0.05) is 6.20 Å². The molecular formula is C9H11BrClN3O2. The SMILES string of the molecule is CCC(Nc1nc(Cl)ncc1Br)C(=O)OC. The Balaban J connectivity index is 2.85. The van der Waals surface area contributed by atoms with Crippen LogP contribution in [0.15, 0.2) is 10.7 Å². The summed E-state index contributed by atoms with van der Waals surface area (Å²) in [6.45, 7) is 1.87. The lowest BCUT2D eigenvalue weighted by Gasteiger charge is -2.15. The van der Waals surface area contributed by atoms with Crippen LogP contribution in [0, 0.1) is 0 Å². The number of rotatable bonds is 4. The van der Waals surface area contributed by atoms with E-state index in [4.69, 9.17) is 11.6 Å². The third-order valence-corrected chi connectivity index (χ3v) is 2.68. The lowest BCUT2D eigenvalue weighted by Crippen LogP contribution is -2.30. The molecule has 88 valence electrons. The molecule has 0 aliphatic rings. The fraction of sp³-hybridized carbons (Fsp3) is 0.444. The van der Waals surface area contributed by atoms with Gasteiger partial charge >= 0.3 is 5.97 Å². The van der Waals surface area contributed by atoms with Gasteiger partial charge in [-0.05, 0) is 34.0 Å². The highest BCUT2D eigenvalue weighted by Crippen LogP contribution is 2.21. The highest BCUT2D eigenvalue weighted by molar-refractivity contribution is 9.10. The number of esters is 1. The summed E-state index contributed by atoms with van der Waals surface area (Å²) in [5.74, 6) is 0.126. The summed E-state index contributed by atoms with van der Waals surface area (Å²) in [5, 5.41) is 3.05. The van der Waals surface area contributed by atoms with Crippen molar-refractivity contribution in [3.05, 3.63) is 16.0 Å². The molecule has 16 heavy (non-hydrogen) atoms. The summed E-state index contributed by atoms with van der Waals surface area (Å²) in [4.78, 5) is 19.1. The first-order valence-electron chi connectivity index (χ1n) is 4.60. The van der Waals surface area contributed by atoms with Gasteiger partial charge in [0.15, 0.2) is 0 Å². The highest BCUT2D eigenvalue weighted by atomic mass is 79.9. The summed E-state index contributed by atoms with van der Waals surface area (Å²) in [5.41, 5.74) is 0. The molecule has 0 saturated heterocycles. The van der Waals surface area contributed by atoms with E-state index in [1.54, 1.807) is 0 Å². The topological polar surface area (TPSA) is 64.1 Å². The molecule has 1 unspecified atom stereocenters. The van der Waals surface area contributed by atoms with Gasteiger partial charge in [-0.15, -0.1) is 0 Å². The number of methoxy groups -OCH3 is 1. The van der Waals surface area contributed by atoms with Gasteiger partial charge in [0.05, 0.1) is 11.6 Å². The second-order valence-corrected chi connectivity index (χ2v) is 4.16. The second kappa shape index (κ2) is 6.00. The average Bonchev–Trinajstić information content (AvgIpc) is 2.29. The van der Waals surface area contributed by atoms with Crippen LogP contribution >= 0.6 is 27.5 Å². The Morgan fingerprint density at radius 1 is 1.75 bits per heavy atom. The summed E-state index contributed by atoms with van der Waals surface area (Å²) in [6, 6.07) is -0.452. The molecule has 1 aromatic rings. The Bertz CT molecular complexity index is 389. The van der Waals surface area contributed by atoms with E-state index in [9.17, 15) is 4.79 Å². The Morgan fingerprint density at radius 2 is 2.44 bits per heavy atom. The Labute approximate surface area is 107 Å². The molecule has 0 fully saturated rings. The number of carbonyl (C=O) groups excluding carboxylic acids is 1. The van der Waals surface area contributed by atoms with Gasteiger partial charge in [-0.3, -0.25) is 0 Å². The van der Waals surface area contributed by atoms with Crippen LogP contribution in [0.1, 0.15) is 13.3 Å². The molecule has 0 spiro atoms. The number of nitrogens with zero attached hydrogens (tertiary/aromatic N) is 2. The third-order valence-electron chi connectivity index (χ3n) is 1.92. The van der Waals surface area contributed by atoms with Crippen molar-refractivity contribution in [1.29, 1.82) is 0 Å². The average molecular weight is 309 g/mol. The number of hydrogen-bond acceptors (Lipinski definition) is 5. The van der Waals surface area contributed by atoms with Crippen molar-refractivity contribution in [2.75, 3.05) is 12.4 Å². The van der Waals surface area contributed by atoms with Crippen molar-refractivity contribution < 1.29 is 9.53 Å². The van der Waals surface area contributed by atoms with Crippen molar-refractivity contribution >= 4 is 39.3 Å². The summed E-state index contributed by atoms with van der Waals surface area (Å²) >= 11 is 8.92. The molecule has 0 aromatic carbocycles. The van der Waals surface area contributed by atoms with E-state index >= 15 is 0 Å². The van der Waals surface area contributed by atoms with Crippen molar-refractivity contribution in [2.45, 2.75) is 19.4 Å². The first-order chi connectivity index (χ1) is 7.58. The molecule has 0 saturated carbocycles. The minimum atomic E-state index is -0.452. The van der Waals surface area contributed by atoms with E-state index in [0.29, 0.717) is 16.7 Å². The molecule has 0 aliphatic heterocycles. The first kappa shape index (κ1) is 13.2. The van der Waals surface area contributed by atoms with Crippen LogP contribution in [0.5, 0.6) is 0 Å². The zero-order chi connectivity index (χ0) is 12.1. The molecule has 0 aliphatic carbocycles. The fourth-order valence-corrected chi connectivity index (χ4v) is 1.52. The highest BCUT2D eigenvalue weighted by Gasteiger charge is 2.18. The predicted octanol–water partition coefficient (Wildman–Crippen LogP) is 2.26. The number of ether oxygens (including phenoxy) is 1. The smallest absolute Gasteiger partial charge is 0.328 e. The van der Waals surface area contributed by atoms with Crippen LogP contribution in [0.2, 0.25) is 5.28 Å². The quantitative estimate of drug-likeness (QED) is 0.683. The normalized spacial score (nSPS) is 12.0. The van der Waals surface area contributed by atoms with Crippen LogP contribution in [-0.2, 0) is 9.53 Å². The van der Waals surface area contributed by atoms with Crippen molar-refractivity contribution in [1.82, 2.24) is 9.97 Å². The lowest BCUT2D eigenvalue weighted by molar-refractivity contribution is -0.141. The van der Waals surface area contributed by atoms with E-state index in [0.717, 1.165) is 0 Å². The van der Waals surface area contributed by atoms with Crippen LogP contribution in [0.4, 0.5) is 5.82 Å². The standard InChI is InChI=1S/C9H11BrClN3O2/c1-3-6(8(15)16-2)13-7-5(10)4-12-9(11)14-7/h4,6H,3H2,1-2H3,(H,12,13,14). The van der Waals surface area contributed by atoms with Crippen LogP contribution in [0.3, 0.4) is 0 Å². The number of anilines is 1. The van der Waals surface area contributed by atoms with E-state index in [1.165, 1.54) is 13.3 Å². The number of nitrogens with one attached hydrogen (secondary N) is 1. The van der Waals surface area contributed by atoms with Gasteiger partial charge in [-0.2, -0.15) is 4.98 Å². The van der Waals surface area contributed by atoms with Gasteiger partial charge in [0.1, 0.15) is 11.9 Å². The first-order valence-corrected chi connectivity index (χ1v) is 5.78. The molecule has 1 atom stereocenters. The number of carbonyl (C=O) groups is 1. The van der Waals surface area contributed by atoms with Crippen LogP contribution in [0.25, 0.3) is 0 Å². The van der Waals surface area contributed by atoms with E-state index in [-0.39, 0.29) is 11.3 Å². The maximum atomic E-state index is 11.4. The van der Waals surface area contributed by atoms with E-state index in [1.807, 2.05) is 6.92 Å². The van der Waals surface area contributed by atoms with E-state index < -0.39 is 6.04 Å². The largest absolute Gasteiger partial charge is 0.467 e. The van der Waals surface area contributed by atoms with E-state index in [2.05, 4.69) is 36.0 Å². The minimum Gasteiger partial charge on any atom is -0.467 e. The number of aromatic nitrogens is 2. The molecule has 1 N–H and O–H groups in total. The second-order valence-electron chi connectivity index (χ2n) is 2.96. The summed E-state index contributed by atoms with van der Waals surface area (Å²) < 4.78 is 5.29. The molecule has 0 bridgehead atoms. The maximum Gasteiger partial charge on any atom is 0.328 e. The molecular weight excluding hydrogens is 297 g/mol. The molecule has 1 rings (SSSR count). The maximum absolute atomic E-state index is 11.4. The molecule has 5 nitrogen and oxygen atoms in total. The third kappa shape index (κ3) is 3.31. The van der Waals surface area contributed by atoms with Crippen molar-refractivity contribution in [3.63, 3.8) is 0 Å². The molecule has 7 heteroatoms. The number of halogens is 2. The van der Waals surface area contributed by atoms with Gasteiger partial charge in [-0.1, -0.05) is 6.92 Å². The Morgan fingerprint density at radius 3 is 3.00 bits per heavy atom. The van der Waals surface area contributed by atoms with Gasteiger partial charge in [0.25, 0.3) is 0 Å². The molecule has 0 radical (unpaired) electrons. The van der Waals surface area contributed by atoms with Gasteiger partial charge in [0.2, 0.25) is 5.28 Å². The van der Waals surface area contributed by atoms with Crippen LogP contribution < -0.4 is 5.32 Å². The summed E-state index contributed by atoms with van der Waals surface area (Å²) in [6.07, 6.45) is 2.10. The zero-order valence-electron chi connectivity index (χ0n) is 8.83.